The van der Waals surface area contributed by atoms with E-state index in [0.29, 0.717) is 17.3 Å². The number of ether oxygens (including phenoxy) is 1. The number of benzene rings is 2. The number of para-hydroxylation sites is 1. The Kier molecular flexibility index (Phi) is 5.15. The summed E-state index contributed by atoms with van der Waals surface area (Å²) in [5, 5.41) is 13.2. The molecule has 25 heavy (non-hydrogen) atoms. The number of hydrogen-bond donors (Lipinski definition) is 2. The average Bonchev–Trinajstić information content (AvgIpc) is 3.06. The highest BCUT2D eigenvalue weighted by Gasteiger charge is 2.12. The van der Waals surface area contributed by atoms with Crippen LogP contribution in [0.1, 0.15) is 6.92 Å². The highest BCUT2D eigenvalue weighted by molar-refractivity contribution is 6.33. The van der Waals surface area contributed by atoms with Gasteiger partial charge in [0.2, 0.25) is 5.89 Å². The number of hydrogen-bond acceptors (Lipinski definition) is 5. The summed E-state index contributed by atoms with van der Waals surface area (Å²) in [6.45, 7) is 2.51. The van der Waals surface area contributed by atoms with E-state index in [0.717, 1.165) is 11.3 Å². The van der Waals surface area contributed by atoms with Crippen LogP contribution in [0, 0.1) is 0 Å². The first kappa shape index (κ1) is 16.8. The van der Waals surface area contributed by atoms with Gasteiger partial charge in [0.15, 0.2) is 0 Å². The quantitative estimate of drug-likeness (QED) is 0.704. The van der Waals surface area contributed by atoms with E-state index in [9.17, 15) is 4.79 Å². The minimum Gasteiger partial charge on any atom is -0.494 e. The van der Waals surface area contributed by atoms with E-state index in [2.05, 4.69) is 20.8 Å². The largest absolute Gasteiger partial charge is 0.494 e. The molecule has 3 rings (SSSR count). The van der Waals surface area contributed by atoms with Crippen LogP contribution in [0.15, 0.2) is 52.9 Å². The molecule has 0 saturated heterocycles. The van der Waals surface area contributed by atoms with Gasteiger partial charge in [0.05, 0.1) is 17.3 Å². The second kappa shape index (κ2) is 7.67. The van der Waals surface area contributed by atoms with Crippen LogP contribution >= 0.6 is 11.6 Å². The van der Waals surface area contributed by atoms with Crippen LogP contribution in [0.25, 0.3) is 11.5 Å². The van der Waals surface area contributed by atoms with Crippen molar-refractivity contribution < 1.29 is 13.9 Å². The number of nitrogens with one attached hydrogen (secondary N) is 2. The number of rotatable bonds is 5. The molecular formula is C17H15ClN4O3. The third-order valence-corrected chi connectivity index (χ3v) is 3.51. The molecule has 0 aliphatic heterocycles. The van der Waals surface area contributed by atoms with E-state index in [1.165, 1.54) is 0 Å². The lowest BCUT2D eigenvalue weighted by Crippen LogP contribution is -2.19. The maximum absolute atomic E-state index is 12.0. The summed E-state index contributed by atoms with van der Waals surface area (Å²) >= 11 is 5.99. The molecule has 1 aromatic heterocycles. The molecule has 0 atom stereocenters. The number of aromatic nitrogens is 2. The zero-order chi connectivity index (χ0) is 17.6. The van der Waals surface area contributed by atoms with Crippen LogP contribution in [0.3, 0.4) is 0 Å². The molecule has 8 heteroatoms. The van der Waals surface area contributed by atoms with E-state index in [1.54, 1.807) is 48.5 Å². The highest BCUT2D eigenvalue weighted by Crippen LogP contribution is 2.23. The first-order chi connectivity index (χ1) is 12.2. The monoisotopic (exact) mass is 358 g/mol. The summed E-state index contributed by atoms with van der Waals surface area (Å²) in [5.74, 6) is 1.04. The summed E-state index contributed by atoms with van der Waals surface area (Å²) in [5.41, 5.74) is 1.20. The number of carbonyl (C=O) groups excluding carboxylic acids is 1. The van der Waals surface area contributed by atoms with Gasteiger partial charge >= 0.3 is 12.0 Å². The molecule has 7 nitrogen and oxygen atoms in total. The molecule has 3 aromatic rings. The lowest BCUT2D eigenvalue weighted by atomic mass is 10.2. The SMILES string of the molecule is CCOc1ccc(-c2nnc(NC(=O)Nc3ccccc3Cl)o2)cc1. The topological polar surface area (TPSA) is 89.3 Å². The Morgan fingerprint density at radius 3 is 2.60 bits per heavy atom. The summed E-state index contributed by atoms with van der Waals surface area (Å²) in [4.78, 5) is 12.0. The van der Waals surface area contributed by atoms with Gasteiger partial charge in [0, 0.05) is 5.56 Å². The van der Waals surface area contributed by atoms with Gasteiger partial charge in [-0.1, -0.05) is 28.8 Å². The van der Waals surface area contributed by atoms with Crippen molar-refractivity contribution in [2.45, 2.75) is 6.92 Å². The second-order valence-corrected chi connectivity index (χ2v) is 5.34. The van der Waals surface area contributed by atoms with Crippen molar-refractivity contribution in [1.82, 2.24) is 10.2 Å². The smallest absolute Gasteiger partial charge is 0.327 e. The molecule has 0 bridgehead atoms. The van der Waals surface area contributed by atoms with Crippen molar-refractivity contribution in [3.63, 3.8) is 0 Å². The van der Waals surface area contributed by atoms with Crippen molar-refractivity contribution in [3.05, 3.63) is 53.6 Å². The fourth-order valence-corrected chi connectivity index (χ4v) is 2.25. The van der Waals surface area contributed by atoms with E-state index in [1.807, 2.05) is 6.92 Å². The Labute approximate surface area is 149 Å². The zero-order valence-corrected chi connectivity index (χ0v) is 14.1. The zero-order valence-electron chi connectivity index (χ0n) is 13.3. The molecule has 0 aliphatic carbocycles. The number of amides is 2. The lowest BCUT2D eigenvalue weighted by Gasteiger charge is -2.06. The Morgan fingerprint density at radius 2 is 1.88 bits per heavy atom. The summed E-state index contributed by atoms with van der Waals surface area (Å²) in [7, 11) is 0. The van der Waals surface area contributed by atoms with Crippen molar-refractivity contribution in [3.8, 4) is 17.2 Å². The maximum Gasteiger partial charge on any atom is 0.327 e. The first-order valence-electron chi connectivity index (χ1n) is 7.55. The minimum absolute atomic E-state index is 0.0200. The minimum atomic E-state index is -0.532. The van der Waals surface area contributed by atoms with Gasteiger partial charge in [0.1, 0.15) is 5.75 Å². The van der Waals surface area contributed by atoms with Crippen molar-refractivity contribution in [1.29, 1.82) is 0 Å². The van der Waals surface area contributed by atoms with Crippen molar-refractivity contribution in [2.24, 2.45) is 0 Å². The molecule has 0 aliphatic rings. The van der Waals surface area contributed by atoms with Crippen LogP contribution < -0.4 is 15.4 Å². The van der Waals surface area contributed by atoms with Gasteiger partial charge in [-0.25, -0.2) is 4.79 Å². The molecule has 0 unspecified atom stereocenters. The van der Waals surface area contributed by atoms with E-state index in [-0.39, 0.29) is 11.9 Å². The Balaban J connectivity index is 1.65. The van der Waals surface area contributed by atoms with Gasteiger partial charge in [-0.3, -0.25) is 5.32 Å². The highest BCUT2D eigenvalue weighted by atomic mass is 35.5. The molecule has 2 N–H and O–H groups in total. The fourth-order valence-electron chi connectivity index (χ4n) is 2.06. The van der Waals surface area contributed by atoms with E-state index >= 15 is 0 Å². The first-order valence-corrected chi connectivity index (χ1v) is 7.93. The summed E-state index contributed by atoms with van der Waals surface area (Å²) in [6.07, 6.45) is 0. The van der Waals surface area contributed by atoms with Crippen molar-refractivity contribution in [2.75, 3.05) is 17.2 Å². The van der Waals surface area contributed by atoms with Gasteiger partial charge < -0.3 is 14.5 Å². The van der Waals surface area contributed by atoms with Crippen LogP contribution in [-0.4, -0.2) is 22.8 Å². The molecule has 0 fully saturated rings. The molecule has 1 heterocycles. The Bertz CT molecular complexity index is 864. The maximum atomic E-state index is 12.0. The average molecular weight is 359 g/mol. The predicted molar refractivity (Wildman–Crippen MR) is 95.0 cm³/mol. The van der Waals surface area contributed by atoms with Gasteiger partial charge in [-0.05, 0) is 43.3 Å². The molecule has 2 aromatic carbocycles. The fraction of sp³-hybridized carbons (Fsp3) is 0.118. The number of halogens is 1. The lowest BCUT2D eigenvalue weighted by molar-refractivity contribution is 0.261. The number of urea groups is 1. The molecule has 0 spiro atoms. The Hall–Kier alpha value is -3.06. The number of carbonyl (C=O) groups is 1. The third kappa shape index (κ3) is 4.27. The standard InChI is InChI=1S/C17H15ClN4O3/c1-2-24-12-9-7-11(8-10-12)15-21-22-17(25-15)20-16(23)19-14-6-4-3-5-13(14)18/h3-10H,2H2,1H3,(H2,19,20,22,23). The summed E-state index contributed by atoms with van der Waals surface area (Å²) < 4.78 is 10.8. The number of anilines is 2. The Morgan fingerprint density at radius 1 is 1.12 bits per heavy atom. The van der Waals surface area contributed by atoms with Crippen LogP contribution in [-0.2, 0) is 0 Å². The van der Waals surface area contributed by atoms with Crippen LogP contribution in [0.5, 0.6) is 5.75 Å². The van der Waals surface area contributed by atoms with Crippen molar-refractivity contribution >= 4 is 29.3 Å². The second-order valence-electron chi connectivity index (χ2n) is 4.93. The third-order valence-electron chi connectivity index (χ3n) is 3.18. The molecular weight excluding hydrogens is 344 g/mol. The van der Waals surface area contributed by atoms with E-state index in [4.69, 9.17) is 20.8 Å². The molecule has 128 valence electrons. The van der Waals surface area contributed by atoms with E-state index < -0.39 is 6.03 Å². The number of nitrogens with zero attached hydrogens (tertiary/aromatic N) is 2. The molecule has 0 radical (unpaired) electrons. The van der Waals surface area contributed by atoms with Crippen LogP contribution in [0.4, 0.5) is 16.5 Å². The predicted octanol–water partition coefficient (Wildman–Crippen LogP) is 4.43. The van der Waals surface area contributed by atoms with Crippen LogP contribution in [0.2, 0.25) is 5.02 Å². The molecule has 0 saturated carbocycles. The molecule has 2 amide bonds. The van der Waals surface area contributed by atoms with Gasteiger partial charge in [-0.2, -0.15) is 0 Å². The van der Waals surface area contributed by atoms with Gasteiger partial charge in [0.25, 0.3) is 0 Å². The normalized spacial score (nSPS) is 10.3. The summed E-state index contributed by atoms with van der Waals surface area (Å²) in [6, 6.07) is 13.5. The van der Waals surface area contributed by atoms with Gasteiger partial charge in [-0.15, -0.1) is 5.10 Å².